The van der Waals surface area contributed by atoms with Gasteiger partial charge in [-0.15, -0.1) is 0 Å². The highest BCUT2D eigenvalue weighted by atomic mass is 16.2. The number of hydrogen-bond acceptors (Lipinski definition) is 4. The van der Waals surface area contributed by atoms with Gasteiger partial charge in [0.15, 0.2) is 0 Å². The fourth-order valence-corrected chi connectivity index (χ4v) is 2.98. The molecule has 1 aliphatic rings. The Morgan fingerprint density at radius 2 is 1.83 bits per heavy atom. The Balaban J connectivity index is 1.73. The molecule has 2 amide bonds. The highest BCUT2D eigenvalue weighted by Crippen LogP contribution is 2.28. The lowest BCUT2D eigenvalue weighted by atomic mass is 10.1. The lowest BCUT2D eigenvalue weighted by Crippen LogP contribution is -2.29. The van der Waals surface area contributed by atoms with Crippen molar-refractivity contribution >= 4 is 23.5 Å². The molecule has 124 valence electrons. The van der Waals surface area contributed by atoms with Gasteiger partial charge in [0.2, 0.25) is 17.8 Å². The second-order valence-corrected chi connectivity index (χ2v) is 6.16. The number of hydrogen-bond donors (Lipinski definition) is 1. The quantitative estimate of drug-likeness (QED) is 0.940. The van der Waals surface area contributed by atoms with E-state index in [1.807, 2.05) is 51.1 Å². The molecule has 0 aliphatic carbocycles. The van der Waals surface area contributed by atoms with Crippen molar-refractivity contribution in [3.05, 3.63) is 47.3 Å². The van der Waals surface area contributed by atoms with E-state index in [0.717, 1.165) is 22.6 Å². The lowest BCUT2D eigenvalue weighted by molar-refractivity contribution is -0.122. The molecule has 1 aromatic carbocycles. The summed E-state index contributed by atoms with van der Waals surface area (Å²) in [5.41, 5.74) is 3.47. The fourth-order valence-electron chi connectivity index (χ4n) is 2.98. The van der Waals surface area contributed by atoms with Gasteiger partial charge in [0.1, 0.15) is 0 Å². The lowest BCUT2D eigenvalue weighted by Gasteiger charge is -2.18. The van der Waals surface area contributed by atoms with E-state index in [-0.39, 0.29) is 18.2 Å². The minimum atomic E-state index is -0.401. The van der Waals surface area contributed by atoms with Crippen LogP contribution in [-0.4, -0.2) is 28.3 Å². The summed E-state index contributed by atoms with van der Waals surface area (Å²) in [6.07, 6.45) is 0.199. The Morgan fingerprint density at radius 1 is 1.17 bits per heavy atom. The predicted octanol–water partition coefficient (Wildman–Crippen LogP) is 2.39. The molecule has 2 aromatic rings. The normalized spacial score (nSPS) is 17.2. The number of para-hydroxylation sites is 1. The van der Waals surface area contributed by atoms with E-state index >= 15 is 0 Å². The molecule has 0 radical (unpaired) electrons. The van der Waals surface area contributed by atoms with Crippen molar-refractivity contribution in [1.82, 2.24) is 9.97 Å². The predicted molar refractivity (Wildman–Crippen MR) is 91.8 cm³/mol. The number of aryl methyl sites for hydroxylation is 3. The third-order valence-electron chi connectivity index (χ3n) is 4.12. The first-order valence-corrected chi connectivity index (χ1v) is 7.93. The van der Waals surface area contributed by atoms with Crippen molar-refractivity contribution in [2.45, 2.75) is 27.2 Å². The molecule has 1 saturated heterocycles. The number of rotatable bonds is 3. The average molecular weight is 324 g/mol. The molecule has 0 spiro atoms. The molecule has 6 heteroatoms. The summed E-state index contributed by atoms with van der Waals surface area (Å²) in [6.45, 7) is 6.03. The van der Waals surface area contributed by atoms with E-state index in [9.17, 15) is 9.59 Å². The fraction of sp³-hybridized carbons (Fsp3) is 0.333. The molecule has 1 aliphatic heterocycles. The molecule has 1 fully saturated rings. The Bertz CT molecular complexity index is 783. The average Bonchev–Trinajstić information content (AvgIpc) is 2.88. The molecule has 0 bridgehead atoms. The minimum absolute atomic E-state index is 0.0363. The number of nitrogens with zero attached hydrogens (tertiary/aromatic N) is 3. The van der Waals surface area contributed by atoms with E-state index in [1.54, 1.807) is 4.90 Å². The second-order valence-electron chi connectivity index (χ2n) is 6.16. The van der Waals surface area contributed by atoms with Gasteiger partial charge in [0, 0.05) is 30.0 Å². The summed E-state index contributed by atoms with van der Waals surface area (Å²) in [7, 11) is 0. The first-order chi connectivity index (χ1) is 11.4. The number of carbonyl (C=O) groups excluding carboxylic acids is 2. The summed E-state index contributed by atoms with van der Waals surface area (Å²) < 4.78 is 0. The SMILES string of the molecule is Cc1cc(C)nc(NC(=O)C2CC(=O)N(c3ccccc3C)C2)n1. The van der Waals surface area contributed by atoms with Crippen LogP contribution in [0.25, 0.3) is 0 Å². The van der Waals surface area contributed by atoms with Crippen LogP contribution in [0.4, 0.5) is 11.6 Å². The van der Waals surface area contributed by atoms with Crippen LogP contribution in [0.5, 0.6) is 0 Å². The molecule has 1 atom stereocenters. The highest BCUT2D eigenvalue weighted by molar-refractivity contribution is 6.03. The Labute approximate surface area is 140 Å². The summed E-state index contributed by atoms with van der Waals surface area (Å²) in [5, 5.41) is 2.73. The minimum Gasteiger partial charge on any atom is -0.311 e. The number of benzene rings is 1. The number of amides is 2. The van der Waals surface area contributed by atoms with Crippen LogP contribution in [0.2, 0.25) is 0 Å². The zero-order chi connectivity index (χ0) is 17.3. The number of carbonyl (C=O) groups is 2. The molecular formula is C18H20N4O2. The molecular weight excluding hydrogens is 304 g/mol. The van der Waals surface area contributed by atoms with Gasteiger partial charge in [0.25, 0.3) is 0 Å². The summed E-state index contributed by atoms with van der Waals surface area (Å²) in [5.74, 6) is -0.365. The van der Waals surface area contributed by atoms with E-state index in [1.165, 1.54) is 0 Å². The van der Waals surface area contributed by atoms with Gasteiger partial charge in [0.05, 0.1) is 5.92 Å². The second kappa shape index (κ2) is 6.39. The Kier molecular flexibility index (Phi) is 4.29. The van der Waals surface area contributed by atoms with Crippen molar-refractivity contribution in [2.24, 2.45) is 5.92 Å². The Hall–Kier alpha value is -2.76. The summed E-state index contributed by atoms with van der Waals surface area (Å²) >= 11 is 0. The zero-order valence-corrected chi connectivity index (χ0v) is 14.0. The van der Waals surface area contributed by atoms with E-state index < -0.39 is 5.92 Å². The van der Waals surface area contributed by atoms with Crippen LogP contribution in [0, 0.1) is 26.7 Å². The first-order valence-electron chi connectivity index (χ1n) is 7.93. The third kappa shape index (κ3) is 3.27. The molecule has 0 saturated carbocycles. The molecule has 1 unspecified atom stereocenters. The van der Waals surface area contributed by atoms with E-state index in [2.05, 4.69) is 15.3 Å². The maximum atomic E-state index is 12.5. The molecule has 1 N–H and O–H groups in total. The topological polar surface area (TPSA) is 75.2 Å². The summed E-state index contributed by atoms with van der Waals surface area (Å²) in [6, 6.07) is 9.53. The maximum absolute atomic E-state index is 12.5. The molecule has 1 aromatic heterocycles. The van der Waals surface area contributed by atoms with Crippen LogP contribution in [0.3, 0.4) is 0 Å². The van der Waals surface area contributed by atoms with E-state index in [0.29, 0.717) is 12.5 Å². The van der Waals surface area contributed by atoms with Gasteiger partial charge in [-0.25, -0.2) is 9.97 Å². The van der Waals surface area contributed by atoms with Crippen molar-refractivity contribution in [2.75, 3.05) is 16.8 Å². The van der Waals surface area contributed by atoms with Crippen LogP contribution < -0.4 is 10.2 Å². The van der Waals surface area contributed by atoms with Gasteiger partial charge in [-0.05, 0) is 38.5 Å². The van der Waals surface area contributed by atoms with Crippen LogP contribution in [0.15, 0.2) is 30.3 Å². The van der Waals surface area contributed by atoms with Gasteiger partial charge >= 0.3 is 0 Å². The van der Waals surface area contributed by atoms with Crippen LogP contribution in [0.1, 0.15) is 23.4 Å². The van der Waals surface area contributed by atoms with Gasteiger partial charge < -0.3 is 4.90 Å². The van der Waals surface area contributed by atoms with Gasteiger partial charge in [-0.2, -0.15) is 0 Å². The van der Waals surface area contributed by atoms with Crippen molar-refractivity contribution in [1.29, 1.82) is 0 Å². The first kappa shape index (κ1) is 16.1. The smallest absolute Gasteiger partial charge is 0.232 e. The van der Waals surface area contributed by atoms with Crippen molar-refractivity contribution in [3.8, 4) is 0 Å². The molecule has 3 rings (SSSR count). The standard InChI is InChI=1S/C18H20N4O2/c1-11-6-4-5-7-15(11)22-10-14(9-16(22)23)17(24)21-18-19-12(2)8-13(3)20-18/h4-8,14H,9-10H2,1-3H3,(H,19,20,21,24). The number of aromatic nitrogens is 2. The van der Waals surface area contributed by atoms with E-state index in [4.69, 9.17) is 0 Å². The van der Waals surface area contributed by atoms with Crippen molar-refractivity contribution in [3.63, 3.8) is 0 Å². The molecule has 2 heterocycles. The van der Waals surface area contributed by atoms with Crippen LogP contribution >= 0.6 is 0 Å². The highest BCUT2D eigenvalue weighted by Gasteiger charge is 2.35. The Morgan fingerprint density at radius 3 is 2.50 bits per heavy atom. The zero-order valence-electron chi connectivity index (χ0n) is 14.0. The van der Waals surface area contributed by atoms with Gasteiger partial charge in [-0.1, -0.05) is 18.2 Å². The van der Waals surface area contributed by atoms with Crippen molar-refractivity contribution < 1.29 is 9.59 Å². The number of anilines is 2. The molecule has 24 heavy (non-hydrogen) atoms. The third-order valence-corrected chi connectivity index (χ3v) is 4.12. The van der Waals surface area contributed by atoms with Crippen LogP contribution in [-0.2, 0) is 9.59 Å². The van der Waals surface area contributed by atoms with Gasteiger partial charge in [-0.3, -0.25) is 14.9 Å². The molecule has 6 nitrogen and oxygen atoms in total. The number of nitrogens with one attached hydrogen (secondary N) is 1. The largest absolute Gasteiger partial charge is 0.311 e. The monoisotopic (exact) mass is 324 g/mol. The summed E-state index contributed by atoms with van der Waals surface area (Å²) in [4.78, 5) is 34.9. The maximum Gasteiger partial charge on any atom is 0.232 e.